The van der Waals surface area contributed by atoms with Crippen molar-refractivity contribution in [2.45, 2.75) is 24.2 Å². The van der Waals surface area contributed by atoms with Crippen LogP contribution in [0.1, 0.15) is 12.0 Å². The van der Waals surface area contributed by atoms with Crippen LogP contribution in [0.4, 0.5) is 8.78 Å². The number of aryl methyl sites for hydroxylation is 1. The summed E-state index contributed by atoms with van der Waals surface area (Å²) in [5.74, 6) is -1.28. The number of ether oxygens (including phenoxy) is 3. The first kappa shape index (κ1) is 18.9. The zero-order valence-corrected chi connectivity index (χ0v) is 16.2. The van der Waals surface area contributed by atoms with Gasteiger partial charge in [-0.3, -0.25) is 0 Å². The van der Waals surface area contributed by atoms with Crippen LogP contribution in [0, 0.1) is 6.92 Å². The molecule has 28 heavy (non-hydrogen) atoms. The Morgan fingerprint density at radius 1 is 1.11 bits per heavy atom. The molecule has 0 N–H and O–H groups in total. The maximum Gasteiger partial charge on any atom is 0.262 e. The quantitative estimate of drug-likeness (QED) is 0.771. The van der Waals surface area contributed by atoms with Gasteiger partial charge in [0.05, 0.1) is 18.6 Å². The van der Waals surface area contributed by atoms with Crippen molar-refractivity contribution < 1.29 is 31.4 Å². The number of nitrogens with zero attached hydrogens (tertiary/aromatic N) is 1. The number of alkyl halides is 2. The third-order valence-corrected chi connectivity index (χ3v) is 6.80. The van der Waals surface area contributed by atoms with Crippen molar-refractivity contribution in [3.8, 4) is 28.4 Å². The van der Waals surface area contributed by atoms with Crippen LogP contribution in [0.25, 0.3) is 11.1 Å². The minimum Gasteiger partial charge on any atom is -0.496 e. The molecule has 0 spiro atoms. The van der Waals surface area contributed by atoms with Crippen molar-refractivity contribution in [1.29, 1.82) is 0 Å². The first-order chi connectivity index (χ1) is 13.2. The summed E-state index contributed by atoms with van der Waals surface area (Å²) in [5, 5.41) is 0. The number of benzene rings is 2. The molecule has 9 heteroatoms. The molecule has 0 atom stereocenters. The zero-order chi connectivity index (χ0) is 20.1. The molecule has 0 aromatic heterocycles. The van der Waals surface area contributed by atoms with Crippen LogP contribution in [0.3, 0.4) is 0 Å². The van der Waals surface area contributed by atoms with Gasteiger partial charge in [-0.15, -0.1) is 0 Å². The zero-order valence-electron chi connectivity index (χ0n) is 15.4. The van der Waals surface area contributed by atoms with Gasteiger partial charge in [0.1, 0.15) is 5.75 Å². The van der Waals surface area contributed by atoms with Gasteiger partial charge in [0.25, 0.3) is 5.92 Å². The Morgan fingerprint density at radius 3 is 2.43 bits per heavy atom. The third-order valence-electron chi connectivity index (χ3n) is 4.96. The summed E-state index contributed by atoms with van der Waals surface area (Å²) in [6.45, 7) is 0.910. The molecule has 0 amide bonds. The number of rotatable bonds is 4. The van der Waals surface area contributed by atoms with E-state index in [-0.39, 0.29) is 18.2 Å². The Labute approximate surface area is 161 Å². The molecule has 150 valence electrons. The van der Waals surface area contributed by atoms with E-state index in [1.807, 2.05) is 0 Å². The molecule has 2 heterocycles. The Morgan fingerprint density at radius 2 is 1.82 bits per heavy atom. The van der Waals surface area contributed by atoms with Crippen LogP contribution in [0.15, 0.2) is 35.2 Å². The van der Waals surface area contributed by atoms with E-state index in [0.29, 0.717) is 22.8 Å². The molecule has 0 aliphatic carbocycles. The van der Waals surface area contributed by atoms with E-state index in [0.717, 1.165) is 15.4 Å². The van der Waals surface area contributed by atoms with Crippen LogP contribution in [-0.4, -0.2) is 45.6 Å². The molecule has 0 saturated carbocycles. The molecule has 6 nitrogen and oxygen atoms in total. The number of hydrogen-bond donors (Lipinski definition) is 0. The highest BCUT2D eigenvalue weighted by molar-refractivity contribution is 7.89. The number of methoxy groups -OCH3 is 1. The summed E-state index contributed by atoms with van der Waals surface area (Å²) in [6.07, 6.45) is -0.461. The van der Waals surface area contributed by atoms with Crippen LogP contribution in [0.5, 0.6) is 17.2 Å². The fraction of sp³-hybridized carbons (Fsp3) is 0.368. The number of halogens is 2. The smallest absolute Gasteiger partial charge is 0.262 e. The van der Waals surface area contributed by atoms with Crippen LogP contribution >= 0.6 is 0 Å². The molecule has 1 saturated heterocycles. The highest BCUT2D eigenvalue weighted by Gasteiger charge is 2.43. The summed E-state index contributed by atoms with van der Waals surface area (Å²) in [4.78, 5) is -0.00819. The molecule has 2 aromatic rings. The summed E-state index contributed by atoms with van der Waals surface area (Å²) in [7, 11) is -2.45. The minimum absolute atomic E-state index is 0.00819. The average Bonchev–Trinajstić information content (AvgIpc) is 3.26. The van der Waals surface area contributed by atoms with Crippen LogP contribution in [0.2, 0.25) is 0 Å². The monoisotopic (exact) mass is 411 g/mol. The van der Waals surface area contributed by atoms with E-state index < -0.39 is 28.9 Å². The lowest BCUT2D eigenvalue weighted by molar-refractivity contribution is 0.0183. The lowest BCUT2D eigenvalue weighted by Crippen LogP contribution is -2.31. The number of sulfonamides is 1. The first-order valence-corrected chi connectivity index (χ1v) is 10.1. The lowest BCUT2D eigenvalue weighted by Gasteiger charge is -2.18. The van der Waals surface area contributed by atoms with E-state index in [9.17, 15) is 17.2 Å². The molecule has 4 rings (SSSR count). The van der Waals surface area contributed by atoms with Gasteiger partial charge in [-0.25, -0.2) is 17.2 Å². The first-order valence-electron chi connectivity index (χ1n) is 8.68. The SMILES string of the molecule is COc1cc2c(cc1-c1ccc(S(=O)(=O)N3CCC(F)(F)C3)cc1C)OCO2. The second kappa shape index (κ2) is 6.59. The highest BCUT2D eigenvalue weighted by Crippen LogP contribution is 2.43. The molecule has 2 aliphatic rings. The van der Waals surface area contributed by atoms with Crippen molar-refractivity contribution in [2.75, 3.05) is 27.0 Å². The average molecular weight is 411 g/mol. The summed E-state index contributed by atoms with van der Waals surface area (Å²) >= 11 is 0. The Balaban J connectivity index is 1.72. The van der Waals surface area contributed by atoms with Gasteiger partial charge in [-0.1, -0.05) is 6.07 Å². The van der Waals surface area contributed by atoms with Crippen molar-refractivity contribution in [3.63, 3.8) is 0 Å². The van der Waals surface area contributed by atoms with Gasteiger partial charge in [0.2, 0.25) is 16.8 Å². The molecule has 2 aliphatic heterocycles. The second-order valence-electron chi connectivity index (χ2n) is 6.83. The van der Waals surface area contributed by atoms with Crippen molar-refractivity contribution in [1.82, 2.24) is 4.31 Å². The molecule has 0 bridgehead atoms. The van der Waals surface area contributed by atoms with Gasteiger partial charge in [0, 0.05) is 24.6 Å². The Bertz CT molecular complexity index is 1040. The van der Waals surface area contributed by atoms with Gasteiger partial charge in [0.15, 0.2) is 11.5 Å². The predicted molar refractivity (Wildman–Crippen MR) is 97.6 cm³/mol. The van der Waals surface area contributed by atoms with Gasteiger partial charge < -0.3 is 14.2 Å². The molecule has 0 radical (unpaired) electrons. The molecular formula is C19H19F2NO5S. The topological polar surface area (TPSA) is 65.1 Å². The number of hydrogen-bond acceptors (Lipinski definition) is 5. The lowest BCUT2D eigenvalue weighted by atomic mass is 9.99. The maximum absolute atomic E-state index is 13.5. The van der Waals surface area contributed by atoms with E-state index in [1.165, 1.54) is 19.2 Å². The van der Waals surface area contributed by atoms with E-state index >= 15 is 0 Å². The fourth-order valence-corrected chi connectivity index (χ4v) is 5.01. The fourth-order valence-electron chi connectivity index (χ4n) is 3.46. The normalized spacial score (nSPS) is 18.4. The third kappa shape index (κ3) is 3.18. The minimum atomic E-state index is -3.98. The van der Waals surface area contributed by atoms with Crippen molar-refractivity contribution in [3.05, 3.63) is 35.9 Å². The standard InChI is InChI=1S/C19H19F2NO5S/c1-12-7-13(28(23,24)22-6-5-19(20,21)10-22)3-4-14(12)15-8-17-18(27-11-26-17)9-16(15)25-2/h3-4,7-9H,5-6,10-11H2,1-2H3. The van der Waals surface area contributed by atoms with E-state index in [1.54, 1.807) is 25.1 Å². The summed E-state index contributed by atoms with van der Waals surface area (Å²) in [6, 6.07) is 8.06. The summed E-state index contributed by atoms with van der Waals surface area (Å²) in [5.41, 5.74) is 2.14. The maximum atomic E-state index is 13.5. The van der Waals surface area contributed by atoms with Crippen LogP contribution in [-0.2, 0) is 10.0 Å². The number of fused-ring (bicyclic) bond motifs is 1. The second-order valence-corrected chi connectivity index (χ2v) is 8.76. The molecule has 0 unspecified atom stereocenters. The van der Waals surface area contributed by atoms with E-state index in [2.05, 4.69) is 0 Å². The highest BCUT2D eigenvalue weighted by atomic mass is 32.2. The predicted octanol–water partition coefficient (Wildman–Crippen LogP) is 3.43. The van der Waals surface area contributed by atoms with Gasteiger partial charge in [-0.05, 0) is 36.2 Å². The van der Waals surface area contributed by atoms with Crippen molar-refractivity contribution >= 4 is 10.0 Å². The van der Waals surface area contributed by atoms with Gasteiger partial charge in [-0.2, -0.15) is 4.31 Å². The summed E-state index contributed by atoms with van der Waals surface area (Å²) < 4.78 is 69.4. The van der Waals surface area contributed by atoms with Gasteiger partial charge >= 0.3 is 0 Å². The molecule has 2 aromatic carbocycles. The van der Waals surface area contributed by atoms with Crippen molar-refractivity contribution in [2.24, 2.45) is 0 Å². The molecule has 1 fully saturated rings. The Hall–Kier alpha value is -2.39. The Kier molecular flexibility index (Phi) is 4.46. The van der Waals surface area contributed by atoms with Crippen LogP contribution < -0.4 is 14.2 Å². The molecular weight excluding hydrogens is 392 g/mol. The largest absolute Gasteiger partial charge is 0.496 e. The van der Waals surface area contributed by atoms with E-state index in [4.69, 9.17) is 14.2 Å².